The zero-order valence-electron chi connectivity index (χ0n) is 25.9. The Bertz CT molecular complexity index is 1130. The summed E-state index contributed by atoms with van der Waals surface area (Å²) in [5.41, 5.74) is 5.44. The second-order valence-electron chi connectivity index (χ2n) is 9.94. The van der Waals surface area contributed by atoms with Crippen molar-refractivity contribution in [3.8, 4) is 0 Å². The van der Waals surface area contributed by atoms with Gasteiger partial charge in [0.25, 0.3) is 0 Å². The number of aliphatic hydroxyl groups is 2. The van der Waals surface area contributed by atoms with Gasteiger partial charge in [-0.1, -0.05) is 79.8 Å². The van der Waals surface area contributed by atoms with Gasteiger partial charge in [-0.05, 0) is 32.1 Å². The van der Waals surface area contributed by atoms with Crippen molar-refractivity contribution in [1.29, 1.82) is 0 Å². The normalized spacial score (nSPS) is 15.6. The fraction of sp³-hybridized carbons (Fsp3) is 0.469. The predicted molar refractivity (Wildman–Crippen MR) is 177 cm³/mol. The van der Waals surface area contributed by atoms with E-state index in [9.17, 15) is 34.2 Å². The monoisotopic (exact) mass is 665 g/mol. The number of aliphatic hydroxyl groups excluding tert-OH is 2. The zero-order valence-corrected chi connectivity index (χ0v) is 26.8. The Morgan fingerprint density at radius 3 is 2.04 bits per heavy atom. The lowest BCUT2D eigenvalue weighted by Gasteiger charge is -2.23. The number of hydrogen-bond donors (Lipinski definition) is 8. The van der Waals surface area contributed by atoms with Crippen LogP contribution in [-0.4, -0.2) is 97.1 Å². The van der Waals surface area contributed by atoms with Gasteiger partial charge in [-0.2, -0.15) is 0 Å². The Balaban J connectivity index is 5.59. The van der Waals surface area contributed by atoms with Crippen LogP contribution in [0.2, 0.25) is 0 Å². The Morgan fingerprint density at radius 2 is 1.43 bits per heavy atom. The molecule has 13 nitrogen and oxygen atoms in total. The van der Waals surface area contributed by atoms with Crippen molar-refractivity contribution in [2.75, 3.05) is 12.3 Å². The highest BCUT2D eigenvalue weighted by Gasteiger charge is 2.25. The summed E-state index contributed by atoms with van der Waals surface area (Å²) < 4.78 is 0. The van der Waals surface area contributed by atoms with Crippen LogP contribution in [0.15, 0.2) is 72.9 Å². The Morgan fingerprint density at radius 1 is 0.804 bits per heavy atom. The molecule has 5 atom stereocenters. The van der Waals surface area contributed by atoms with Crippen LogP contribution in [0.1, 0.15) is 51.9 Å². The highest BCUT2D eigenvalue weighted by molar-refractivity contribution is 8.00. The van der Waals surface area contributed by atoms with E-state index in [1.54, 1.807) is 60.8 Å². The van der Waals surface area contributed by atoms with Crippen LogP contribution < -0.4 is 16.4 Å². The van der Waals surface area contributed by atoms with Gasteiger partial charge in [0, 0.05) is 23.8 Å². The summed E-state index contributed by atoms with van der Waals surface area (Å²) in [4.78, 5) is 57.8. The standard InChI is InChI=1S/C32H47N3O10S/c1-2-3-9-14-23(36)15-10-6-4-5-7-12-17-27(26(37)16-11-8-13-18-29(39)40)46-22-25(31(43)34-21-30(41)42)35-28(38)20-19-24(33)32(44)45/h3-12,15,17,23-27,36-37H,2,13-14,16,18-22,33H2,1H3,(H,34,43)(H,35,38)(H,39,40)(H,41,42)(H,44,45)/b6-4-,7-5+,9-3-,11-8-,15-10+,17-12+/t23-,24-,25-,26-,27+/m0/s1. The van der Waals surface area contributed by atoms with Crippen LogP contribution in [0.4, 0.5) is 0 Å². The highest BCUT2D eigenvalue weighted by Crippen LogP contribution is 2.21. The number of nitrogens with one attached hydrogen (secondary N) is 2. The van der Waals surface area contributed by atoms with E-state index in [0.29, 0.717) is 6.42 Å². The molecule has 0 aliphatic heterocycles. The molecule has 2 amide bonds. The molecule has 0 aromatic heterocycles. The first-order valence-electron chi connectivity index (χ1n) is 14.8. The van der Waals surface area contributed by atoms with Crippen LogP contribution in [0, 0.1) is 0 Å². The summed E-state index contributed by atoms with van der Waals surface area (Å²) in [5, 5.41) is 51.5. The molecule has 9 N–H and O–H groups in total. The van der Waals surface area contributed by atoms with Gasteiger partial charge in [-0.15, -0.1) is 11.8 Å². The number of carboxylic acids is 3. The van der Waals surface area contributed by atoms with Crippen molar-refractivity contribution in [1.82, 2.24) is 10.6 Å². The van der Waals surface area contributed by atoms with E-state index in [0.717, 1.165) is 18.2 Å². The number of amides is 2. The molecule has 0 aromatic rings. The van der Waals surface area contributed by atoms with Crippen LogP contribution in [-0.2, 0) is 24.0 Å². The first-order chi connectivity index (χ1) is 21.9. The lowest BCUT2D eigenvalue weighted by atomic mass is 10.1. The van der Waals surface area contributed by atoms with E-state index < -0.39 is 65.8 Å². The van der Waals surface area contributed by atoms with Gasteiger partial charge >= 0.3 is 17.9 Å². The highest BCUT2D eigenvalue weighted by atomic mass is 32.2. The molecule has 0 heterocycles. The second kappa shape index (κ2) is 26.3. The minimum atomic E-state index is -1.29. The molecule has 0 saturated carbocycles. The molecular formula is C32H47N3O10S. The summed E-state index contributed by atoms with van der Waals surface area (Å²) in [5.74, 6) is -5.02. The third-order valence-electron chi connectivity index (χ3n) is 5.94. The topological polar surface area (TPSA) is 237 Å². The van der Waals surface area contributed by atoms with Crippen LogP contribution >= 0.6 is 11.8 Å². The maximum atomic E-state index is 12.7. The molecule has 0 bridgehead atoms. The van der Waals surface area contributed by atoms with Crippen molar-refractivity contribution in [3.63, 3.8) is 0 Å². The van der Waals surface area contributed by atoms with E-state index in [1.807, 2.05) is 19.1 Å². The number of nitrogens with two attached hydrogens (primary N) is 1. The van der Waals surface area contributed by atoms with Crippen LogP contribution in [0.3, 0.4) is 0 Å². The van der Waals surface area contributed by atoms with Crippen LogP contribution in [0.5, 0.6) is 0 Å². The van der Waals surface area contributed by atoms with E-state index in [1.165, 1.54) is 0 Å². The van der Waals surface area contributed by atoms with E-state index in [4.69, 9.17) is 21.1 Å². The minimum Gasteiger partial charge on any atom is -0.481 e. The van der Waals surface area contributed by atoms with Crippen LogP contribution in [0.25, 0.3) is 0 Å². The smallest absolute Gasteiger partial charge is 0.322 e. The molecule has 14 heteroatoms. The van der Waals surface area contributed by atoms with Gasteiger partial charge < -0.3 is 41.9 Å². The number of thioether (sulfide) groups is 1. The second-order valence-corrected chi connectivity index (χ2v) is 11.2. The lowest BCUT2D eigenvalue weighted by molar-refractivity contribution is -0.139. The maximum Gasteiger partial charge on any atom is 0.322 e. The molecule has 0 aliphatic carbocycles. The number of aliphatic carboxylic acids is 3. The Hall–Kier alpha value is -3.98. The summed E-state index contributed by atoms with van der Waals surface area (Å²) in [7, 11) is 0. The van der Waals surface area contributed by atoms with Crippen molar-refractivity contribution < 1.29 is 49.5 Å². The fourth-order valence-corrected chi connectivity index (χ4v) is 4.63. The molecule has 46 heavy (non-hydrogen) atoms. The summed E-state index contributed by atoms with van der Waals surface area (Å²) >= 11 is 1.12. The average molecular weight is 666 g/mol. The molecule has 0 radical (unpaired) electrons. The van der Waals surface area contributed by atoms with Crippen molar-refractivity contribution in [3.05, 3.63) is 72.9 Å². The van der Waals surface area contributed by atoms with E-state index >= 15 is 0 Å². The number of allylic oxidation sites excluding steroid dienone is 8. The van der Waals surface area contributed by atoms with Gasteiger partial charge in [-0.3, -0.25) is 24.0 Å². The number of carbonyl (C=O) groups excluding carboxylic acids is 2. The average Bonchev–Trinajstić information content (AvgIpc) is 3.00. The number of rotatable bonds is 25. The molecule has 0 unspecified atom stereocenters. The lowest BCUT2D eigenvalue weighted by Crippen LogP contribution is -2.50. The van der Waals surface area contributed by atoms with E-state index in [-0.39, 0.29) is 37.9 Å². The van der Waals surface area contributed by atoms with Crippen molar-refractivity contribution in [2.45, 2.75) is 81.4 Å². The molecular weight excluding hydrogens is 618 g/mol. The molecule has 0 rings (SSSR count). The summed E-state index contributed by atoms with van der Waals surface area (Å²) in [6.45, 7) is 1.33. The first-order valence-corrected chi connectivity index (χ1v) is 15.9. The molecule has 0 aromatic carbocycles. The molecule has 256 valence electrons. The van der Waals surface area contributed by atoms with Gasteiger partial charge in [-0.25, -0.2) is 0 Å². The molecule has 0 aliphatic rings. The SMILES string of the molecule is CC/C=C\C[C@H](O)/C=C/C=C\C=C\C=C\[C@@H](SC[C@H](NC(=O)CC[C@H](N)C(=O)O)C(=O)NCC(=O)O)[C@@H](O)C/C=C\CCC(=O)O. The first kappa shape index (κ1) is 42.0. The van der Waals surface area contributed by atoms with Gasteiger partial charge in [0.05, 0.1) is 12.2 Å². The maximum absolute atomic E-state index is 12.7. The van der Waals surface area contributed by atoms with Gasteiger partial charge in [0.2, 0.25) is 11.8 Å². The van der Waals surface area contributed by atoms with Crippen molar-refractivity contribution in [2.24, 2.45) is 5.73 Å². The quantitative estimate of drug-likeness (QED) is 0.0517. The summed E-state index contributed by atoms with van der Waals surface area (Å²) in [6, 6.07) is -2.48. The predicted octanol–water partition coefficient (Wildman–Crippen LogP) is 2.08. The molecule has 0 saturated heterocycles. The minimum absolute atomic E-state index is 0.0583. The molecule has 0 spiro atoms. The largest absolute Gasteiger partial charge is 0.481 e. The van der Waals surface area contributed by atoms with E-state index in [2.05, 4.69) is 10.6 Å². The fourth-order valence-electron chi connectivity index (χ4n) is 3.45. The summed E-state index contributed by atoms with van der Waals surface area (Å²) in [6.07, 6.45) is 20.7. The third-order valence-corrected chi connectivity index (χ3v) is 7.32. The third kappa shape index (κ3) is 23.4. The Labute approximate surface area is 273 Å². The number of carbonyl (C=O) groups is 5. The molecule has 0 fully saturated rings. The number of hydrogen-bond acceptors (Lipinski definition) is 9. The Kier molecular flexibility index (Phi) is 24.0. The number of carboxylic acid groups (broad SMARTS) is 3. The van der Waals surface area contributed by atoms with Gasteiger partial charge in [0.15, 0.2) is 0 Å². The zero-order chi connectivity index (χ0) is 34.7. The van der Waals surface area contributed by atoms with Crippen molar-refractivity contribution >= 4 is 41.5 Å². The van der Waals surface area contributed by atoms with Gasteiger partial charge in [0.1, 0.15) is 18.6 Å².